The summed E-state index contributed by atoms with van der Waals surface area (Å²) in [5.41, 5.74) is 4.63. The molecule has 0 saturated carbocycles. The molecular weight excluding hydrogens is 338 g/mol. The van der Waals surface area contributed by atoms with Crippen molar-refractivity contribution < 1.29 is 14.0 Å². The van der Waals surface area contributed by atoms with Gasteiger partial charge in [-0.15, -0.1) is 0 Å². The molecule has 1 heterocycles. The van der Waals surface area contributed by atoms with Crippen molar-refractivity contribution in [3.05, 3.63) is 78.9 Å². The third kappa shape index (κ3) is 3.17. The lowest BCUT2D eigenvalue weighted by Crippen LogP contribution is -1.92. The van der Waals surface area contributed by atoms with Gasteiger partial charge in [-0.05, 0) is 17.7 Å². The number of hydrogen-bond donors (Lipinski definition) is 0. The Morgan fingerprint density at radius 2 is 1.30 bits per heavy atom. The van der Waals surface area contributed by atoms with E-state index >= 15 is 0 Å². The largest absolute Gasteiger partial charge is 0.493 e. The molecule has 0 aliphatic rings. The summed E-state index contributed by atoms with van der Waals surface area (Å²) in [6, 6.07) is 25.8. The fourth-order valence-electron chi connectivity index (χ4n) is 3.13. The van der Waals surface area contributed by atoms with Crippen LogP contribution in [0.25, 0.3) is 33.7 Å². The summed E-state index contributed by atoms with van der Waals surface area (Å²) < 4.78 is 16.7. The van der Waals surface area contributed by atoms with Gasteiger partial charge in [0.1, 0.15) is 5.69 Å². The Labute approximate surface area is 158 Å². The van der Waals surface area contributed by atoms with Gasteiger partial charge < -0.3 is 14.0 Å². The lowest BCUT2D eigenvalue weighted by molar-refractivity contribution is 0.355. The van der Waals surface area contributed by atoms with Crippen LogP contribution in [0, 0.1) is 0 Å². The van der Waals surface area contributed by atoms with Gasteiger partial charge in [0.05, 0.1) is 19.8 Å². The molecule has 4 nitrogen and oxygen atoms in total. The van der Waals surface area contributed by atoms with Crippen LogP contribution in [-0.4, -0.2) is 19.4 Å². The van der Waals surface area contributed by atoms with Crippen molar-refractivity contribution in [3.63, 3.8) is 0 Å². The van der Waals surface area contributed by atoms with Crippen molar-refractivity contribution in [2.45, 2.75) is 0 Å². The normalized spacial score (nSPS) is 10.6. The molecule has 0 amide bonds. The van der Waals surface area contributed by atoms with Crippen LogP contribution in [0.15, 0.2) is 83.4 Å². The maximum atomic E-state index is 5.80. The van der Waals surface area contributed by atoms with Crippen molar-refractivity contribution in [3.8, 4) is 45.2 Å². The monoisotopic (exact) mass is 357 g/mol. The van der Waals surface area contributed by atoms with Gasteiger partial charge >= 0.3 is 0 Å². The lowest BCUT2D eigenvalue weighted by Gasteiger charge is -2.10. The average molecular weight is 357 g/mol. The third-order valence-corrected chi connectivity index (χ3v) is 4.45. The second-order valence-corrected chi connectivity index (χ2v) is 6.04. The molecule has 4 aromatic rings. The maximum Gasteiger partial charge on any atom is 0.175 e. The first-order valence-corrected chi connectivity index (χ1v) is 8.64. The fraction of sp³-hybridized carbons (Fsp3) is 0.0870. The van der Waals surface area contributed by atoms with Gasteiger partial charge in [0.15, 0.2) is 17.3 Å². The van der Waals surface area contributed by atoms with Gasteiger partial charge in [-0.3, -0.25) is 0 Å². The average Bonchev–Trinajstić information content (AvgIpc) is 3.19. The minimum absolute atomic E-state index is 0.661. The number of methoxy groups -OCH3 is 2. The predicted molar refractivity (Wildman–Crippen MR) is 106 cm³/mol. The summed E-state index contributed by atoms with van der Waals surface area (Å²) in [5.74, 6) is 2.07. The molecule has 0 bridgehead atoms. The van der Waals surface area contributed by atoms with Crippen LogP contribution in [-0.2, 0) is 0 Å². The topological polar surface area (TPSA) is 44.5 Å². The predicted octanol–water partition coefficient (Wildman–Crippen LogP) is 5.69. The first-order chi connectivity index (χ1) is 13.3. The van der Waals surface area contributed by atoms with Crippen molar-refractivity contribution >= 4 is 0 Å². The lowest BCUT2D eigenvalue weighted by atomic mass is 9.96. The highest BCUT2D eigenvalue weighted by Gasteiger charge is 2.21. The molecule has 134 valence electrons. The van der Waals surface area contributed by atoms with Gasteiger partial charge in [0, 0.05) is 11.1 Å². The minimum Gasteiger partial charge on any atom is -0.493 e. The Morgan fingerprint density at radius 1 is 0.667 bits per heavy atom. The molecule has 0 spiro atoms. The molecule has 0 atom stereocenters. The molecule has 0 fully saturated rings. The summed E-state index contributed by atoms with van der Waals surface area (Å²) in [5, 5.41) is 4.39. The van der Waals surface area contributed by atoms with Gasteiger partial charge in [0.2, 0.25) is 0 Å². The first-order valence-electron chi connectivity index (χ1n) is 8.64. The Balaban J connectivity index is 1.96. The van der Waals surface area contributed by atoms with Crippen LogP contribution in [0.1, 0.15) is 0 Å². The first kappa shape index (κ1) is 16.9. The zero-order valence-electron chi connectivity index (χ0n) is 15.2. The highest BCUT2D eigenvalue weighted by atomic mass is 16.5. The Bertz CT molecular complexity index is 983. The fourth-order valence-corrected chi connectivity index (χ4v) is 3.13. The standard InChI is InChI=1S/C23H19NO3/c1-25-19-14-13-18(15-20(19)26-2)21-22(16-9-5-3-6-10-16)24-27-23(21)17-11-7-4-8-12-17/h3-15H,1-2H3. The Morgan fingerprint density at radius 3 is 1.93 bits per heavy atom. The number of aromatic nitrogens is 1. The SMILES string of the molecule is COc1ccc(-c2c(-c3ccccc3)noc2-c2ccccc2)cc1OC. The molecule has 0 aliphatic carbocycles. The van der Waals surface area contributed by atoms with E-state index < -0.39 is 0 Å². The number of ether oxygens (including phenoxy) is 2. The van der Waals surface area contributed by atoms with E-state index in [1.54, 1.807) is 14.2 Å². The van der Waals surface area contributed by atoms with Crippen molar-refractivity contribution in [1.82, 2.24) is 5.16 Å². The maximum absolute atomic E-state index is 5.80. The van der Waals surface area contributed by atoms with Crippen molar-refractivity contribution in [2.24, 2.45) is 0 Å². The van der Waals surface area contributed by atoms with Crippen LogP contribution in [0.4, 0.5) is 0 Å². The highest BCUT2D eigenvalue weighted by molar-refractivity contribution is 5.90. The van der Waals surface area contributed by atoms with E-state index in [-0.39, 0.29) is 0 Å². The van der Waals surface area contributed by atoms with Crippen LogP contribution in [0.5, 0.6) is 11.5 Å². The Kier molecular flexibility index (Phi) is 4.62. The summed E-state index contributed by atoms with van der Waals surface area (Å²) in [7, 11) is 3.26. The molecule has 3 aromatic carbocycles. The van der Waals surface area contributed by atoms with Crippen LogP contribution < -0.4 is 9.47 Å². The molecule has 0 saturated heterocycles. The minimum atomic E-state index is 0.661. The smallest absolute Gasteiger partial charge is 0.175 e. The molecule has 4 rings (SSSR count). The summed E-state index contributed by atoms with van der Waals surface area (Å²) in [6.07, 6.45) is 0. The summed E-state index contributed by atoms with van der Waals surface area (Å²) >= 11 is 0. The van der Waals surface area contributed by atoms with E-state index in [1.807, 2.05) is 78.9 Å². The molecule has 0 unspecified atom stereocenters. The van der Waals surface area contributed by atoms with E-state index in [0.717, 1.165) is 33.7 Å². The van der Waals surface area contributed by atoms with Gasteiger partial charge in [0.25, 0.3) is 0 Å². The van der Waals surface area contributed by atoms with E-state index in [1.165, 1.54) is 0 Å². The van der Waals surface area contributed by atoms with E-state index in [4.69, 9.17) is 14.0 Å². The van der Waals surface area contributed by atoms with Gasteiger partial charge in [-0.2, -0.15) is 0 Å². The molecule has 0 N–H and O–H groups in total. The second kappa shape index (κ2) is 7.38. The van der Waals surface area contributed by atoms with Crippen LogP contribution >= 0.6 is 0 Å². The van der Waals surface area contributed by atoms with Crippen LogP contribution in [0.3, 0.4) is 0 Å². The molecule has 27 heavy (non-hydrogen) atoms. The van der Waals surface area contributed by atoms with Crippen molar-refractivity contribution in [2.75, 3.05) is 14.2 Å². The van der Waals surface area contributed by atoms with E-state index in [0.29, 0.717) is 11.5 Å². The zero-order chi connectivity index (χ0) is 18.6. The molecule has 4 heteroatoms. The van der Waals surface area contributed by atoms with Crippen LogP contribution in [0.2, 0.25) is 0 Å². The van der Waals surface area contributed by atoms with Gasteiger partial charge in [-0.1, -0.05) is 71.9 Å². The van der Waals surface area contributed by atoms with E-state index in [9.17, 15) is 0 Å². The summed E-state index contributed by atoms with van der Waals surface area (Å²) in [6.45, 7) is 0. The number of hydrogen-bond acceptors (Lipinski definition) is 4. The molecular formula is C23H19NO3. The van der Waals surface area contributed by atoms with Crippen molar-refractivity contribution in [1.29, 1.82) is 0 Å². The Hall–Kier alpha value is -3.53. The number of nitrogens with zero attached hydrogens (tertiary/aromatic N) is 1. The zero-order valence-corrected chi connectivity index (χ0v) is 15.2. The second-order valence-electron chi connectivity index (χ2n) is 6.04. The molecule has 0 radical (unpaired) electrons. The quantitative estimate of drug-likeness (QED) is 0.460. The molecule has 1 aromatic heterocycles. The number of rotatable bonds is 5. The van der Waals surface area contributed by atoms with E-state index in [2.05, 4.69) is 5.16 Å². The van der Waals surface area contributed by atoms with Gasteiger partial charge in [-0.25, -0.2) is 0 Å². The highest BCUT2D eigenvalue weighted by Crippen LogP contribution is 2.42. The molecule has 0 aliphatic heterocycles. The summed E-state index contributed by atoms with van der Waals surface area (Å²) in [4.78, 5) is 0. The number of benzene rings is 3. The third-order valence-electron chi connectivity index (χ3n) is 4.45.